The zero-order valence-electron chi connectivity index (χ0n) is 17.2. The number of rotatable bonds is 1. The highest BCUT2D eigenvalue weighted by Crippen LogP contribution is 2.39. The predicted molar refractivity (Wildman–Crippen MR) is 117 cm³/mol. The Hall–Kier alpha value is -2.78. The number of piperidine rings is 1. The molecule has 1 aliphatic heterocycles. The number of nitrogens with zero attached hydrogens (tertiary/aromatic N) is 3. The Kier molecular flexibility index (Phi) is 6.16. The average Bonchev–Trinajstić information content (AvgIpc) is 2.81. The fourth-order valence-corrected chi connectivity index (χ4v) is 5.23. The lowest BCUT2D eigenvalue weighted by molar-refractivity contribution is 0.623. The second-order valence-corrected chi connectivity index (χ2v) is 8.44. The molecule has 4 rings (SSSR count). The Balaban J connectivity index is 1.33. The molecule has 1 heterocycles. The number of hydrogen-bond acceptors (Lipinski definition) is 3. The molecule has 0 spiro atoms. The molecule has 3 aliphatic rings. The molecule has 1 aromatic carbocycles. The van der Waals surface area contributed by atoms with Gasteiger partial charge in [0, 0.05) is 18.8 Å². The largest absolute Gasteiger partial charge is 0.371 e. The quantitative estimate of drug-likeness (QED) is 0.418. The summed E-state index contributed by atoms with van der Waals surface area (Å²) in [6.07, 6.45) is 11.3. The molecule has 3 nitrogen and oxygen atoms in total. The molecular formula is C26H29N3. The maximum Gasteiger partial charge on any atom is 0.128 e. The summed E-state index contributed by atoms with van der Waals surface area (Å²) in [6.45, 7) is 2.29. The zero-order chi connectivity index (χ0) is 20.1. The van der Waals surface area contributed by atoms with Crippen molar-refractivity contribution in [2.45, 2.75) is 64.2 Å². The minimum atomic E-state index is 0.353. The molecule has 1 aromatic rings. The van der Waals surface area contributed by atoms with E-state index in [0.717, 1.165) is 44.3 Å². The lowest BCUT2D eigenvalue weighted by Crippen LogP contribution is -2.31. The van der Waals surface area contributed by atoms with Gasteiger partial charge >= 0.3 is 0 Å². The van der Waals surface area contributed by atoms with E-state index in [9.17, 15) is 0 Å². The number of nitriles is 2. The van der Waals surface area contributed by atoms with Gasteiger partial charge in [-0.1, -0.05) is 40.5 Å². The second kappa shape index (κ2) is 9.15. The molecular weight excluding hydrogens is 354 g/mol. The van der Waals surface area contributed by atoms with E-state index in [4.69, 9.17) is 10.5 Å². The summed E-state index contributed by atoms with van der Waals surface area (Å²) >= 11 is 0. The van der Waals surface area contributed by atoms with Gasteiger partial charge in [0.05, 0.1) is 0 Å². The number of allylic oxidation sites excluding steroid dienone is 5. The molecule has 0 aromatic heterocycles. The third-order valence-corrected chi connectivity index (χ3v) is 6.98. The molecule has 0 N–H and O–H groups in total. The summed E-state index contributed by atoms with van der Waals surface area (Å²) in [7, 11) is 0. The Morgan fingerprint density at radius 1 is 0.621 bits per heavy atom. The van der Waals surface area contributed by atoms with Crippen molar-refractivity contribution >= 4 is 5.69 Å². The van der Waals surface area contributed by atoms with Gasteiger partial charge in [-0.25, -0.2) is 0 Å². The lowest BCUT2D eigenvalue weighted by atomic mass is 9.79. The van der Waals surface area contributed by atoms with Gasteiger partial charge in [0.2, 0.25) is 0 Å². The fraction of sp³-hybridized carbons (Fsp3) is 0.462. The van der Waals surface area contributed by atoms with Gasteiger partial charge in [0.1, 0.15) is 17.7 Å². The molecule has 148 valence electrons. The van der Waals surface area contributed by atoms with Crippen molar-refractivity contribution in [1.82, 2.24) is 0 Å². The number of hydrogen-bond donors (Lipinski definition) is 0. The SMILES string of the molecule is N#CC(C#N)=C1CCC(=C2CCC(=C3CCN(c4ccccc4)CC3)CC2)CC1. The summed E-state index contributed by atoms with van der Waals surface area (Å²) in [4.78, 5) is 2.52. The highest BCUT2D eigenvalue weighted by atomic mass is 15.1. The van der Waals surface area contributed by atoms with E-state index in [-0.39, 0.29) is 0 Å². The summed E-state index contributed by atoms with van der Waals surface area (Å²) < 4.78 is 0. The first kappa shape index (κ1) is 19.5. The van der Waals surface area contributed by atoms with Crippen molar-refractivity contribution in [3.05, 3.63) is 63.8 Å². The van der Waals surface area contributed by atoms with Gasteiger partial charge in [-0.05, 0) is 81.9 Å². The van der Waals surface area contributed by atoms with Crippen LogP contribution in [-0.2, 0) is 0 Å². The van der Waals surface area contributed by atoms with Gasteiger partial charge < -0.3 is 4.90 Å². The number of anilines is 1. The summed E-state index contributed by atoms with van der Waals surface area (Å²) in [6, 6.07) is 14.9. The van der Waals surface area contributed by atoms with Crippen molar-refractivity contribution in [2.75, 3.05) is 18.0 Å². The van der Waals surface area contributed by atoms with Crippen LogP contribution >= 0.6 is 0 Å². The third kappa shape index (κ3) is 4.46. The van der Waals surface area contributed by atoms with Crippen LogP contribution in [0.3, 0.4) is 0 Å². The minimum absolute atomic E-state index is 0.353. The maximum atomic E-state index is 9.08. The molecule has 3 heteroatoms. The Morgan fingerprint density at radius 2 is 1.07 bits per heavy atom. The van der Waals surface area contributed by atoms with Crippen LogP contribution in [0.25, 0.3) is 0 Å². The summed E-state index contributed by atoms with van der Waals surface area (Å²) in [5.74, 6) is 0. The highest BCUT2D eigenvalue weighted by Gasteiger charge is 2.22. The van der Waals surface area contributed by atoms with Gasteiger partial charge in [-0.15, -0.1) is 0 Å². The lowest BCUT2D eigenvalue weighted by Gasteiger charge is -2.33. The summed E-state index contributed by atoms with van der Waals surface area (Å²) in [5.41, 5.74) is 9.53. The monoisotopic (exact) mass is 383 g/mol. The molecule has 0 bridgehead atoms. The predicted octanol–water partition coefficient (Wildman–Crippen LogP) is 6.37. The van der Waals surface area contributed by atoms with Crippen molar-refractivity contribution in [1.29, 1.82) is 10.5 Å². The van der Waals surface area contributed by atoms with E-state index in [1.54, 1.807) is 22.3 Å². The maximum absolute atomic E-state index is 9.08. The van der Waals surface area contributed by atoms with Crippen LogP contribution in [0, 0.1) is 22.7 Å². The zero-order valence-corrected chi connectivity index (χ0v) is 17.2. The topological polar surface area (TPSA) is 50.8 Å². The van der Waals surface area contributed by atoms with E-state index in [1.165, 1.54) is 44.2 Å². The fourth-order valence-electron chi connectivity index (χ4n) is 5.23. The molecule has 1 saturated heterocycles. The van der Waals surface area contributed by atoms with Gasteiger partial charge in [0.15, 0.2) is 0 Å². The van der Waals surface area contributed by atoms with Crippen molar-refractivity contribution in [3.63, 3.8) is 0 Å². The van der Waals surface area contributed by atoms with E-state index >= 15 is 0 Å². The molecule has 29 heavy (non-hydrogen) atoms. The first-order chi connectivity index (χ1) is 14.3. The number of benzene rings is 1. The van der Waals surface area contributed by atoms with Crippen LogP contribution in [-0.4, -0.2) is 13.1 Å². The Morgan fingerprint density at radius 3 is 1.55 bits per heavy atom. The normalized spacial score (nSPS) is 20.3. The van der Waals surface area contributed by atoms with Crippen LogP contribution in [0.15, 0.2) is 63.8 Å². The van der Waals surface area contributed by atoms with E-state index in [2.05, 4.69) is 47.4 Å². The average molecular weight is 384 g/mol. The van der Waals surface area contributed by atoms with Crippen LogP contribution in [0.5, 0.6) is 0 Å². The van der Waals surface area contributed by atoms with Gasteiger partial charge in [-0.2, -0.15) is 10.5 Å². The van der Waals surface area contributed by atoms with Crippen LogP contribution < -0.4 is 4.90 Å². The minimum Gasteiger partial charge on any atom is -0.371 e. The molecule has 3 fully saturated rings. The molecule has 0 radical (unpaired) electrons. The highest BCUT2D eigenvalue weighted by molar-refractivity contribution is 5.47. The standard InChI is InChI=1S/C26H29N3/c27-18-25(19-28)23-12-10-21(11-13-23)20-6-8-22(9-7-20)24-14-16-29(17-15-24)26-4-2-1-3-5-26/h1-5H,6-17H2. The first-order valence-corrected chi connectivity index (χ1v) is 11.0. The Labute approximate surface area is 174 Å². The van der Waals surface area contributed by atoms with E-state index in [1.807, 2.05) is 0 Å². The van der Waals surface area contributed by atoms with Gasteiger partial charge in [-0.3, -0.25) is 0 Å². The molecule has 0 amide bonds. The third-order valence-electron chi connectivity index (χ3n) is 6.98. The van der Waals surface area contributed by atoms with Crippen molar-refractivity contribution < 1.29 is 0 Å². The van der Waals surface area contributed by atoms with Gasteiger partial charge in [0.25, 0.3) is 0 Å². The van der Waals surface area contributed by atoms with E-state index in [0.29, 0.717) is 5.57 Å². The Bertz CT molecular complexity index is 884. The van der Waals surface area contributed by atoms with Crippen molar-refractivity contribution in [3.8, 4) is 12.1 Å². The summed E-state index contributed by atoms with van der Waals surface area (Å²) in [5, 5.41) is 18.2. The van der Waals surface area contributed by atoms with Crippen molar-refractivity contribution in [2.24, 2.45) is 0 Å². The van der Waals surface area contributed by atoms with Crippen LogP contribution in [0.2, 0.25) is 0 Å². The molecule has 2 aliphatic carbocycles. The molecule has 0 atom stereocenters. The smallest absolute Gasteiger partial charge is 0.128 e. The first-order valence-electron chi connectivity index (χ1n) is 11.0. The molecule has 2 saturated carbocycles. The van der Waals surface area contributed by atoms with Crippen LogP contribution in [0.1, 0.15) is 64.2 Å². The van der Waals surface area contributed by atoms with E-state index < -0.39 is 0 Å². The second-order valence-electron chi connectivity index (χ2n) is 8.44. The molecule has 0 unspecified atom stereocenters. The number of para-hydroxylation sites is 1. The van der Waals surface area contributed by atoms with Crippen LogP contribution in [0.4, 0.5) is 5.69 Å².